The molecule has 8 nitrogen and oxygen atoms in total. The number of carbonyl (C=O) groups excluding carboxylic acids is 2. The van der Waals surface area contributed by atoms with Crippen molar-refractivity contribution in [2.24, 2.45) is 0 Å². The first-order chi connectivity index (χ1) is 16.3. The zero-order valence-electron chi connectivity index (χ0n) is 19.0. The molecule has 5 aromatic rings. The fraction of sp³-hybridized carbons (Fsp3) is 0.200. The molecule has 34 heavy (non-hydrogen) atoms. The first-order valence-electron chi connectivity index (χ1n) is 10.8. The Morgan fingerprint density at radius 2 is 1.74 bits per heavy atom. The molecule has 9 heteroatoms. The van der Waals surface area contributed by atoms with Gasteiger partial charge in [0, 0.05) is 29.1 Å². The van der Waals surface area contributed by atoms with E-state index in [0.29, 0.717) is 22.8 Å². The lowest BCUT2D eigenvalue weighted by atomic mass is 9.93. The molecule has 0 fully saturated rings. The second kappa shape index (κ2) is 8.42. The Hall–Kier alpha value is -3.98. The van der Waals surface area contributed by atoms with Crippen LogP contribution >= 0.6 is 11.3 Å². The lowest BCUT2D eigenvalue weighted by Gasteiger charge is -2.12. The number of anilines is 2. The number of hydrogen-bond acceptors (Lipinski definition) is 6. The molecule has 0 saturated heterocycles. The van der Waals surface area contributed by atoms with Gasteiger partial charge in [0.25, 0.3) is 5.91 Å². The maximum Gasteiger partial charge on any atom is 0.275 e. The van der Waals surface area contributed by atoms with Crippen molar-refractivity contribution in [2.75, 3.05) is 10.6 Å². The van der Waals surface area contributed by atoms with Crippen LogP contribution in [0.3, 0.4) is 0 Å². The summed E-state index contributed by atoms with van der Waals surface area (Å²) < 4.78 is 8.37. The molecule has 0 atom stereocenters. The van der Waals surface area contributed by atoms with Crippen LogP contribution in [0.4, 0.5) is 11.4 Å². The molecule has 3 aromatic heterocycles. The molecule has 3 heterocycles. The zero-order chi connectivity index (χ0) is 23.9. The average Bonchev–Trinajstić information content (AvgIpc) is 3.49. The first-order valence-corrected chi connectivity index (χ1v) is 11.6. The Kier molecular flexibility index (Phi) is 5.41. The zero-order valence-corrected chi connectivity index (χ0v) is 19.8. The molecule has 0 bridgehead atoms. The Balaban J connectivity index is 1.21. The lowest BCUT2D eigenvalue weighted by Crippen LogP contribution is -2.15. The quantitative estimate of drug-likeness (QED) is 0.362. The Morgan fingerprint density at radius 1 is 1.03 bits per heavy atom. The molecule has 0 unspecified atom stereocenters. The molecule has 0 spiro atoms. The molecular weight excluding hydrogens is 450 g/mol. The third kappa shape index (κ3) is 4.42. The second-order valence-corrected chi connectivity index (χ2v) is 10.0. The van der Waals surface area contributed by atoms with Crippen molar-refractivity contribution in [3.8, 4) is 0 Å². The fourth-order valence-corrected chi connectivity index (χ4v) is 4.52. The molecule has 172 valence electrons. The molecule has 0 saturated carbocycles. The van der Waals surface area contributed by atoms with E-state index in [-0.39, 0.29) is 23.7 Å². The Labute approximate surface area is 199 Å². The second-order valence-electron chi connectivity index (χ2n) is 9.04. The van der Waals surface area contributed by atoms with Crippen molar-refractivity contribution in [3.63, 3.8) is 0 Å². The van der Waals surface area contributed by atoms with Gasteiger partial charge in [-0.05, 0) is 36.4 Å². The highest BCUT2D eigenvalue weighted by Gasteiger charge is 2.20. The van der Waals surface area contributed by atoms with E-state index in [1.165, 1.54) is 11.3 Å². The maximum atomic E-state index is 12.7. The first kappa shape index (κ1) is 21.8. The smallest absolute Gasteiger partial charge is 0.275 e. The van der Waals surface area contributed by atoms with Crippen molar-refractivity contribution in [1.82, 2.24) is 14.5 Å². The highest BCUT2D eigenvalue weighted by molar-refractivity contribution is 7.23. The summed E-state index contributed by atoms with van der Waals surface area (Å²) in [7, 11) is 0. The van der Waals surface area contributed by atoms with E-state index in [1.807, 2.05) is 49.4 Å². The van der Waals surface area contributed by atoms with Crippen molar-refractivity contribution >= 4 is 49.7 Å². The number of nitrogens with zero attached hydrogens (tertiary/aromatic N) is 3. The SMILES string of the molecule is CC(C)(C)c1cc(CC(=O)Nc2ccc(NC(=O)c3cn4c(n3)sc3ccccc34)cc2)no1. The normalized spacial score (nSPS) is 11.7. The molecule has 5 rings (SSSR count). The van der Waals surface area contributed by atoms with Gasteiger partial charge in [0.05, 0.1) is 22.3 Å². The van der Waals surface area contributed by atoms with Crippen LogP contribution in [-0.2, 0) is 16.6 Å². The summed E-state index contributed by atoms with van der Waals surface area (Å²) in [5.41, 5.74) is 3.01. The van der Waals surface area contributed by atoms with E-state index >= 15 is 0 Å². The van der Waals surface area contributed by atoms with Gasteiger partial charge in [0.2, 0.25) is 5.91 Å². The van der Waals surface area contributed by atoms with Crippen LogP contribution in [0.25, 0.3) is 15.2 Å². The molecular formula is C25H23N5O3S. The van der Waals surface area contributed by atoms with Crippen LogP contribution in [0.2, 0.25) is 0 Å². The molecule has 0 aliphatic carbocycles. The number of fused-ring (bicyclic) bond motifs is 3. The van der Waals surface area contributed by atoms with Crippen LogP contribution in [0.1, 0.15) is 42.7 Å². The van der Waals surface area contributed by atoms with Gasteiger partial charge in [0.1, 0.15) is 11.5 Å². The van der Waals surface area contributed by atoms with Gasteiger partial charge in [-0.15, -0.1) is 0 Å². The minimum Gasteiger partial charge on any atom is -0.361 e. The number of nitrogens with one attached hydrogen (secondary N) is 2. The van der Waals surface area contributed by atoms with Crippen LogP contribution in [-0.4, -0.2) is 26.4 Å². The molecule has 2 N–H and O–H groups in total. The third-order valence-corrected chi connectivity index (χ3v) is 6.33. The largest absolute Gasteiger partial charge is 0.361 e. The van der Waals surface area contributed by atoms with Gasteiger partial charge in [-0.2, -0.15) is 0 Å². The molecule has 0 aliphatic rings. The van der Waals surface area contributed by atoms with Gasteiger partial charge < -0.3 is 15.2 Å². The molecule has 2 amide bonds. The highest BCUT2D eigenvalue weighted by Crippen LogP contribution is 2.26. The van der Waals surface area contributed by atoms with Crippen LogP contribution in [0.15, 0.2) is 65.3 Å². The minimum absolute atomic E-state index is 0.115. The van der Waals surface area contributed by atoms with Gasteiger partial charge in [-0.25, -0.2) is 4.98 Å². The number of amides is 2. The van der Waals surface area contributed by atoms with Gasteiger partial charge in [0.15, 0.2) is 4.96 Å². The summed E-state index contributed by atoms with van der Waals surface area (Å²) in [5, 5.41) is 9.66. The number of benzene rings is 2. The van der Waals surface area contributed by atoms with E-state index in [9.17, 15) is 9.59 Å². The summed E-state index contributed by atoms with van der Waals surface area (Å²) >= 11 is 1.54. The highest BCUT2D eigenvalue weighted by atomic mass is 32.1. The Morgan fingerprint density at radius 3 is 2.44 bits per heavy atom. The van der Waals surface area contributed by atoms with Crippen molar-refractivity contribution in [3.05, 3.63) is 77.9 Å². The van der Waals surface area contributed by atoms with Gasteiger partial charge in [-0.3, -0.25) is 14.0 Å². The van der Waals surface area contributed by atoms with Crippen molar-refractivity contribution in [1.29, 1.82) is 0 Å². The fourth-order valence-electron chi connectivity index (χ4n) is 3.51. The summed E-state index contributed by atoms with van der Waals surface area (Å²) in [4.78, 5) is 30.3. The summed E-state index contributed by atoms with van der Waals surface area (Å²) in [6.45, 7) is 6.07. The number of imidazole rings is 1. The summed E-state index contributed by atoms with van der Waals surface area (Å²) in [5.74, 6) is 0.245. The predicted molar refractivity (Wildman–Crippen MR) is 133 cm³/mol. The number of rotatable bonds is 5. The molecule has 2 aromatic carbocycles. The van der Waals surface area contributed by atoms with Gasteiger partial charge in [-0.1, -0.05) is 49.4 Å². The van der Waals surface area contributed by atoms with E-state index in [1.54, 1.807) is 36.5 Å². The van der Waals surface area contributed by atoms with E-state index < -0.39 is 0 Å². The summed E-state index contributed by atoms with van der Waals surface area (Å²) in [6, 6.07) is 16.7. The topological polar surface area (TPSA) is 102 Å². The lowest BCUT2D eigenvalue weighted by molar-refractivity contribution is -0.115. The summed E-state index contributed by atoms with van der Waals surface area (Å²) in [6.07, 6.45) is 1.86. The van der Waals surface area contributed by atoms with Gasteiger partial charge >= 0.3 is 0 Å². The van der Waals surface area contributed by atoms with Crippen LogP contribution in [0.5, 0.6) is 0 Å². The number of para-hydroxylation sites is 1. The van der Waals surface area contributed by atoms with Crippen molar-refractivity contribution < 1.29 is 14.1 Å². The minimum atomic E-state index is -0.294. The number of thiazole rings is 1. The van der Waals surface area contributed by atoms with E-state index in [2.05, 4.69) is 20.8 Å². The van der Waals surface area contributed by atoms with Crippen molar-refractivity contribution in [2.45, 2.75) is 32.6 Å². The standard InChI is InChI=1S/C25H23N5O3S/c1-25(2,3)21-12-17(29-33-21)13-22(31)26-15-8-10-16(11-9-15)27-23(32)18-14-30-19-6-4-5-7-20(19)34-24(30)28-18/h4-12,14H,13H2,1-3H3,(H,26,31)(H,27,32). The average molecular weight is 474 g/mol. The van der Waals surface area contributed by atoms with E-state index in [0.717, 1.165) is 20.9 Å². The van der Waals surface area contributed by atoms with Crippen LogP contribution < -0.4 is 10.6 Å². The number of aromatic nitrogens is 3. The maximum absolute atomic E-state index is 12.7. The number of hydrogen-bond donors (Lipinski definition) is 2. The predicted octanol–water partition coefficient (Wildman–Crippen LogP) is 5.27. The third-order valence-electron chi connectivity index (χ3n) is 5.30. The molecule has 0 radical (unpaired) electrons. The molecule has 0 aliphatic heterocycles. The van der Waals surface area contributed by atoms with E-state index in [4.69, 9.17) is 4.52 Å². The Bertz CT molecular complexity index is 1510. The monoisotopic (exact) mass is 473 g/mol. The number of carbonyl (C=O) groups is 2. The van der Waals surface area contributed by atoms with Crippen LogP contribution in [0, 0.1) is 0 Å².